The van der Waals surface area contributed by atoms with Gasteiger partial charge in [-0.05, 0) is 19.1 Å². The standard InChI is InChI=1S/C10H14O5S/c1-2-15-10(14)9(13)8(12)7-4-3-6(5-11)16-7/h3-4,8-9,11-13H,2,5H2,1H3. The summed E-state index contributed by atoms with van der Waals surface area (Å²) in [5.41, 5.74) is 0. The summed E-state index contributed by atoms with van der Waals surface area (Å²) in [4.78, 5) is 12.2. The smallest absolute Gasteiger partial charge is 0.338 e. The van der Waals surface area contributed by atoms with Crippen LogP contribution in [0.15, 0.2) is 12.1 Å². The number of ether oxygens (including phenoxy) is 1. The van der Waals surface area contributed by atoms with Gasteiger partial charge in [0.2, 0.25) is 0 Å². The van der Waals surface area contributed by atoms with Crippen LogP contribution in [0.3, 0.4) is 0 Å². The molecule has 5 nitrogen and oxygen atoms in total. The maximum absolute atomic E-state index is 11.2. The first-order valence-electron chi connectivity index (χ1n) is 4.82. The van der Waals surface area contributed by atoms with Crippen molar-refractivity contribution in [1.29, 1.82) is 0 Å². The number of hydrogen-bond donors (Lipinski definition) is 3. The van der Waals surface area contributed by atoms with Gasteiger partial charge in [0.1, 0.15) is 6.10 Å². The Labute approximate surface area is 96.9 Å². The molecule has 90 valence electrons. The van der Waals surface area contributed by atoms with Gasteiger partial charge in [0.05, 0.1) is 13.2 Å². The number of esters is 1. The van der Waals surface area contributed by atoms with Crippen molar-refractivity contribution in [3.8, 4) is 0 Å². The second-order valence-electron chi connectivity index (χ2n) is 3.10. The molecule has 0 radical (unpaired) electrons. The van der Waals surface area contributed by atoms with Crippen molar-refractivity contribution in [3.63, 3.8) is 0 Å². The molecule has 1 aromatic rings. The first kappa shape index (κ1) is 13.1. The highest BCUT2D eigenvalue weighted by Crippen LogP contribution is 2.26. The van der Waals surface area contributed by atoms with E-state index in [4.69, 9.17) is 5.11 Å². The van der Waals surface area contributed by atoms with E-state index >= 15 is 0 Å². The van der Waals surface area contributed by atoms with E-state index in [9.17, 15) is 15.0 Å². The van der Waals surface area contributed by atoms with Gasteiger partial charge in [-0.1, -0.05) is 0 Å². The van der Waals surface area contributed by atoms with Crippen LogP contribution in [0.25, 0.3) is 0 Å². The van der Waals surface area contributed by atoms with E-state index in [1.165, 1.54) is 0 Å². The number of carbonyl (C=O) groups excluding carboxylic acids is 1. The summed E-state index contributed by atoms with van der Waals surface area (Å²) in [7, 11) is 0. The average Bonchev–Trinajstić information content (AvgIpc) is 2.75. The fourth-order valence-electron chi connectivity index (χ4n) is 1.15. The van der Waals surface area contributed by atoms with Gasteiger partial charge in [0.15, 0.2) is 6.10 Å². The normalized spacial score (nSPS) is 14.5. The van der Waals surface area contributed by atoms with Gasteiger partial charge >= 0.3 is 5.97 Å². The molecule has 0 fully saturated rings. The minimum Gasteiger partial charge on any atom is -0.464 e. The summed E-state index contributed by atoms with van der Waals surface area (Å²) < 4.78 is 4.59. The molecule has 0 aliphatic heterocycles. The van der Waals surface area contributed by atoms with E-state index < -0.39 is 18.2 Å². The molecule has 0 aliphatic rings. The topological polar surface area (TPSA) is 87.0 Å². The summed E-state index contributed by atoms with van der Waals surface area (Å²) in [6, 6.07) is 3.18. The summed E-state index contributed by atoms with van der Waals surface area (Å²) >= 11 is 1.14. The lowest BCUT2D eigenvalue weighted by Gasteiger charge is -2.14. The van der Waals surface area contributed by atoms with Gasteiger partial charge in [-0.25, -0.2) is 4.79 Å². The van der Waals surface area contributed by atoms with Crippen LogP contribution in [0.1, 0.15) is 22.8 Å². The molecule has 1 rings (SSSR count). The van der Waals surface area contributed by atoms with Crippen molar-refractivity contribution >= 4 is 17.3 Å². The monoisotopic (exact) mass is 246 g/mol. The molecule has 0 aromatic carbocycles. The van der Waals surface area contributed by atoms with Crippen molar-refractivity contribution in [2.75, 3.05) is 6.61 Å². The van der Waals surface area contributed by atoms with E-state index in [1.807, 2.05) is 0 Å². The molecule has 3 N–H and O–H groups in total. The molecule has 0 saturated carbocycles. The van der Waals surface area contributed by atoms with Crippen LogP contribution in [0.5, 0.6) is 0 Å². The lowest BCUT2D eigenvalue weighted by molar-refractivity contribution is -0.159. The van der Waals surface area contributed by atoms with Crippen molar-refractivity contribution in [2.24, 2.45) is 0 Å². The Bertz CT molecular complexity index is 349. The zero-order chi connectivity index (χ0) is 12.1. The lowest BCUT2D eigenvalue weighted by atomic mass is 10.2. The number of hydrogen-bond acceptors (Lipinski definition) is 6. The highest BCUT2D eigenvalue weighted by molar-refractivity contribution is 7.12. The van der Waals surface area contributed by atoms with Crippen molar-refractivity contribution in [2.45, 2.75) is 25.7 Å². The Morgan fingerprint density at radius 1 is 1.50 bits per heavy atom. The molecule has 2 unspecified atom stereocenters. The van der Waals surface area contributed by atoms with Crippen LogP contribution in [-0.2, 0) is 16.1 Å². The molecular weight excluding hydrogens is 232 g/mol. The highest BCUT2D eigenvalue weighted by atomic mass is 32.1. The van der Waals surface area contributed by atoms with Crippen LogP contribution in [0.2, 0.25) is 0 Å². The molecule has 1 aromatic heterocycles. The minimum absolute atomic E-state index is 0.132. The van der Waals surface area contributed by atoms with E-state index in [1.54, 1.807) is 19.1 Å². The van der Waals surface area contributed by atoms with Crippen LogP contribution >= 0.6 is 11.3 Å². The third kappa shape index (κ3) is 3.02. The van der Waals surface area contributed by atoms with E-state index in [-0.39, 0.29) is 13.2 Å². The Hall–Kier alpha value is -0.950. The molecule has 1 heterocycles. The molecule has 0 bridgehead atoms. The number of rotatable bonds is 5. The molecule has 0 saturated heterocycles. The molecule has 0 aliphatic carbocycles. The molecule has 2 atom stereocenters. The summed E-state index contributed by atoms with van der Waals surface area (Å²) in [5.74, 6) is -0.853. The van der Waals surface area contributed by atoms with E-state index in [2.05, 4.69) is 4.74 Å². The van der Waals surface area contributed by atoms with E-state index in [0.29, 0.717) is 9.75 Å². The van der Waals surface area contributed by atoms with Gasteiger partial charge in [-0.2, -0.15) is 0 Å². The van der Waals surface area contributed by atoms with Gasteiger partial charge in [-0.3, -0.25) is 0 Å². The molecule has 6 heteroatoms. The largest absolute Gasteiger partial charge is 0.464 e. The minimum atomic E-state index is -1.59. The van der Waals surface area contributed by atoms with Crippen LogP contribution < -0.4 is 0 Å². The summed E-state index contributed by atoms with van der Waals surface area (Å²) in [6.07, 6.45) is -2.91. The lowest BCUT2D eigenvalue weighted by Crippen LogP contribution is -2.29. The Kier molecular flexibility index (Phi) is 4.88. The quantitative estimate of drug-likeness (QED) is 0.646. The SMILES string of the molecule is CCOC(=O)C(O)C(O)c1ccc(CO)s1. The molecule has 0 amide bonds. The first-order valence-corrected chi connectivity index (χ1v) is 5.64. The van der Waals surface area contributed by atoms with Crippen molar-refractivity contribution in [1.82, 2.24) is 0 Å². The van der Waals surface area contributed by atoms with Crippen LogP contribution in [-0.4, -0.2) is 34.0 Å². The predicted octanol–water partition coefficient (Wildman–Crippen LogP) is 0.198. The average molecular weight is 246 g/mol. The van der Waals surface area contributed by atoms with Gasteiger partial charge < -0.3 is 20.1 Å². The zero-order valence-electron chi connectivity index (χ0n) is 8.79. The second-order valence-corrected chi connectivity index (χ2v) is 4.30. The molecule has 16 heavy (non-hydrogen) atoms. The molecule has 0 spiro atoms. The number of thiophene rings is 1. The van der Waals surface area contributed by atoms with Gasteiger partial charge in [-0.15, -0.1) is 11.3 Å². The third-order valence-corrected chi connectivity index (χ3v) is 3.10. The molecular formula is C10H14O5S. The Morgan fingerprint density at radius 3 is 2.69 bits per heavy atom. The summed E-state index contributed by atoms with van der Waals surface area (Å²) in [6.45, 7) is 1.63. The van der Waals surface area contributed by atoms with Crippen LogP contribution in [0, 0.1) is 0 Å². The maximum atomic E-state index is 11.2. The fourth-order valence-corrected chi connectivity index (χ4v) is 2.04. The zero-order valence-corrected chi connectivity index (χ0v) is 9.61. The predicted molar refractivity (Wildman–Crippen MR) is 57.8 cm³/mol. The van der Waals surface area contributed by atoms with Gasteiger partial charge in [0, 0.05) is 9.75 Å². The highest BCUT2D eigenvalue weighted by Gasteiger charge is 2.27. The van der Waals surface area contributed by atoms with Crippen molar-refractivity contribution < 1.29 is 24.9 Å². The van der Waals surface area contributed by atoms with Crippen LogP contribution in [0.4, 0.5) is 0 Å². The Morgan fingerprint density at radius 2 is 2.19 bits per heavy atom. The van der Waals surface area contributed by atoms with E-state index in [0.717, 1.165) is 11.3 Å². The first-order chi connectivity index (χ1) is 7.60. The van der Waals surface area contributed by atoms with Gasteiger partial charge in [0.25, 0.3) is 0 Å². The second kappa shape index (κ2) is 5.95. The fraction of sp³-hybridized carbons (Fsp3) is 0.500. The Balaban J connectivity index is 2.69. The number of aliphatic hydroxyl groups is 3. The maximum Gasteiger partial charge on any atom is 0.338 e. The van der Waals surface area contributed by atoms with Crippen molar-refractivity contribution in [3.05, 3.63) is 21.9 Å². The summed E-state index contributed by atoms with van der Waals surface area (Å²) in [5, 5.41) is 28.0. The third-order valence-electron chi connectivity index (χ3n) is 1.96. The number of carbonyl (C=O) groups is 1. The number of aliphatic hydroxyl groups excluding tert-OH is 3.